The summed E-state index contributed by atoms with van der Waals surface area (Å²) in [5.41, 5.74) is -0.253. The first kappa shape index (κ1) is 18.1. The normalized spacial score (nSPS) is 10.8. The van der Waals surface area contributed by atoms with E-state index >= 15 is 0 Å². The van der Waals surface area contributed by atoms with Crippen LogP contribution in [0.25, 0.3) is 11.1 Å². The molecule has 1 heterocycles. The molecule has 0 aliphatic rings. The maximum absolute atomic E-state index is 12.3. The van der Waals surface area contributed by atoms with Gasteiger partial charge in [0.25, 0.3) is 5.56 Å². The summed E-state index contributed by atoms with van der Waals surface area (Å²) in [4.78, 5) is 37.7. The van der Waals surface area contributed by atoms with Crippen LogP contribution in [0.1, 0.15) is 32.0 Å². The van der Waals surface area contributed by atoms with E-state index in [2.05, 4.69) is 10.2 Å². The van der Waals surface area contributed by atoms with Crippen LogP contribution < -0.4 is 5.56 Å². The van der Waals surface area contributed by atoms with Gasteiger partial charge in [-0.25, -0.2) is 0 Å². The number of hydrogen-bond donors (Lipinski definition) is 1. The quantitative estimate of drug-likeness (QED) is 0.664. The van der Waals surface area contributed by atoms with Crippen LogP contribution in [0, 0.1) is 16.2 Å². The minimum Gasteiger partial charge on any atom is -0.465 e. The lowest BCUT2D eigenvalue weighted by molar-refractivity contribution is -0.148. The monoisotopic (exact) mass is 339 g/mol. The number of benzene rings is 1. The molecule has 0 aliphatic heterocycles. The van der Waals surface area contributed by atoms with Crippen molar-refractivity contribution < 1.29 is 9.53 Å². The molecule has 1 aromatic carbocycles. The van der Waals surface area contributed by atoms with Crippen LogP contribution in [-0.4, -0.2) is 17.6 Å². The molecule has 1 aromatic heterocycles. The first-order valence-electron chi connectivity index (χ1n) is 7.64. The molecule has 0 amide bonds. The molecular weight excluding hydrogens is 322 g/mol. The third-order valence-corrected chi connectivity index (χ3v) is 3.89. The number of nitroso groups, excluding NO2 is 1. The highest BCUT2D eigenvalue weighted by molar-refractivity contribution is 5.82. The van der Waals surface area contributed by atoms with Gasteiger partial charge in [0.05, 0.1) is 6.61 Å². The van der Waals surface area contributed by atoms with Gasteiger partial charge in [0.1, 0.15) is 22.7 Å². The van der Waals surface area contributed by atoms with Gasteiger partial charge in [0, 0.05) is 11.3 Å². The predicted octanol–water partition coefficient (Wildman–Crippen LogP) is 3.15. The molecule has 0 fully saturated rings. The fourth-order valence-corrected chi connectivity index (χ4v) is 2.36. The Kier molecular flexibility index (Phi) is 5.13. The highest BCUT2D eigenvalue weighted by Crippen LogP contribution is 2.29. The lowest BCUT2D eigenvalue weighted by Gasteiger charge is -2.23. The Morgan fingerprint density at radius 2 is 1.96 bits per heavy atom. The number of ether oxygens (including phenoxy) is 1. The number of esters is 1. The number of aromatic nitrogens is 1. The third kappa shape index (κ3) is 3.48. The number of hydrogen-bond acceptors (Lipinski definition) is 6. The number of carbonyl (C=O) groups is 1. The summed E-state index contributed by atoms with van der Waals surface area (Å²) in [5.74, 6) is -0.484. The van der Waals surface area contributed by atoms with E-state index in [0.29, 0.717) is 16.8 Å². The molecule has 0 radical (unpaired) electrons. The molecule has 7 nitrogen and oxygen atoms in total. The molecule has 128 valence electrons. The first-order chi connectivity index (χ1) is 11.8. The van der Waals surface area contributed by atoms with E-state index in [0.717, 1.165) is 0 Å². The molecule has 0 saturated carbocycles. The van der Waals surface area contributed by atoms with Gasteiger partial charge in [-0.1, -0.05) is 12.1 Å². The van der Waals surface area contributed by atoms with Gasteiger partial charge in [0.2, 0.25) is 0 Å². The van der Waals surface area contributed by atoms with Crippen LogP contribution in [0.4, 0.5) is 5.69 Å². The minimum atomic E-state index is -1.10. The lowest BCUT2D eigenvalue weighted by Crippen LogP contribution is -2.34. The van der Waals surface area contributed by atoms with Gasteiger partial charge in [-0.2, -0.15) is 5.26 Å². The molecule has 1 N–H and O–H groups in total. The summed E-state index contributed by atoms with van der Waals surface area (Å²) in [6.07, 6.45) is 0. The van der Waals surface area contributed by atoms with E-state index in [1.807, 2.05) is 6.07 Å². The van der Waals surface area contributed by atoms with Crippen molar-refractivity contribution in [3.05, 3.63) is 56.9 Å². The Hall–Kier alpha value is -3.27. The average molecular weight is 339 g/mol. The maximum Gasteiger partial charge on any atom is 0.317 e. The molecule has 25 heavy (non-hydrogen) atoms. The van der Waals surface area contributed by atoms with E-state index in [4.69, 9.17) is 4.74 Å². The van der Waals surface area contributed by atoms with Gasteiger partial charge >= 0.3 is 5.97 Å². The van der Waals surface area contributed by atoms with E-state index in [9.17, 15) is 19.8 Å². The zero-order valence-corrected chi connectivity index (χ0v) is 14.1. The van der Waals surface area contributed by atoms with E-state index < -0.39 is 16.9 Å². The molecule has 0 aliphatic carbocycles. The standard InChI is InChI=1S/C18H17N3O4/c1-4-25-17(23)18(2,3)15-9-13(14(10-19)16(22)20-15)11-5-7-12(21-24)8-6-11/h5-9H,4H2,1-3H3,(H,20,22). The van der Waals surface area contributed by atoms with Crippen molar-refractivity contribution in [1.82, 2.24) is 4.98 Å². The highest BCUT2D eigenvalue weighted by Gasteiger charge is 2.33. The number of nitrogens with zero attached hydrogens (tertiary/aromatic N) is 2. The zero-order chi connectivity index (χ0) is 18.6. The Bertz CT molecular complexity index is 905. The Morgan fingerprint density at radius 1 is 1.32 bits per heavy atom. The molecule has 0 saturated heterocycles. The van der Waals surface area contributed by atoms with Crippen molar-refractivity contribution in [2.75, 3.05) is 6.61 Å². The fourth-order valence-electron chi connectivity index (χ4n) is 2.36. The molecule has 7 heteroatoms. The molecule has 0 bridgehead atoms. The molecule has 0 unspecified atom stereocenters. The average Bonchev–Trinajstić information content (AvgIpc) is 2.61. The van der Waals surface area contributed by atoms with Gasteiger partial charge in [-0.05, 0) is 49.7 Å². The van der Waals surface area contributed by atoms with Crippen molar-refractivity contribution in [1.29, 1.82) is 5.26 Å². The fraction of sp³-hybridized carbons (Fsp3) is 0.278. The smallest absolute Gasteiger partial charge is 0.317 e. The number of aromatic amines is 1. The van der Waals surface area contributed by atoms with Gasteiger partial charge in [-0.15, -0.1) is 4.91 Å². The van der Waals surface area contributed by atoms with Crippen molar-refractivity contribution in [2.24, 2.45) is 5.18 Å². The van der Waals surface area contributed by atoms with Gasteiger partial charge in [-0.3, -0.25) is 9.59 Å². The van der Waals surface area contributed by atoms with E-state index in [1.165, 1.54) is 12.1 Å². The number of pyridine rings is 1. The highest BCUT2D eigenvalue weighted by atomic mass is 16.5. The Morgan fingerprint density at radius 3 is 2.48 bits per heavy atom. The molecule has 2 rings (SSSR count). The van der Waals surface area contributed by atoms with Crippen molar-refractivity contribution >= 4 is 11.7 Å². The van der Waals surface area contributed by atoms with Gasteiger partial charge < -0.3 is 9.72 Å². The van der Waals surface area contributed by atoms with Crippen LogP contribution in [0.3, 0.4) is 0 Å². The number of nitrogens with one attached hydrogen (secondary N) is 1. The number of carbonyl (C=O) groups excluding carboxylic acids is 1. The summed E-state index contributed by atoms with van der Waals surface area (Å²) in [6, 6.07) is 9.62. The van der Waals surface area contributed by atoms with E-state index in [-0.39, 0.29) is 17.9 Å². The summed E-state index contributed by atoms with van der Waals surface area (Å²) in [7, 11) is 0. The lowest BCUT2D eigenvalue weighted by atomic mass is 9.86. The van der Waals surface area contributed by atoms with Gasteiger partial charge in [0.15, 0.2) is 0 Å². The van der Waals surface area contributed by atoms with Crippen molar-refractivity contribution in [3.63, 3.8) is 0 Å². The number of nitriles is 1. The second-order valence-corrected chi connectivity index (χ2v) is 5.90. The van der Waals surface area contributed by atoms with Crippen LogP contribution in [0.15, 0.2) is 40.3 Å². The SMILES string of the molecule is CCOC(=O)C(C)(C)c1cc(-c2ccc(N=O)cc2)c(C#N)c(=O)[nH]1. The van der Waals surface area contributed by atoms with Crippen molar-refractivity contribution in [3.8, 4) is 17.2 Å². The summed E-state index contributed by atoms with van der Waals surface area (Å²) >= 11 is 0. The third-order valence-electron chi connectivity index (χ3n) is 3.89. The van der Waals surface area contributed by atoms with Crippen LogP contribution in [-0.2, 0) is 14.9 Å². The number of H-pyrrole nitrogens is 1. The maximum atomic E-state index is 12.3. The molecule has 0 atom stereocenters. The zero-order valence-electron chi connectivity index (χ0n) is 14.1. The van der Waals surface area contributed by atoms with E-state index in [1.54, 1.807) is 39.0 Å². The van der Waals surface area contributed by atoms with Crippen LogP contribution >= 0.6 is 0 Å². The van der Waals surface area contributed by atoms with Crippen LogP contribution in [0.2, 0.25) is 0 Å². The largest absolute Gasteiger partial charge is 0.465 e. The second kappa shape index (κ2) is 7.09. The first-order valence-corrected chi connectivity index (χ1v) is 7.64. The topological polar surface area (TPSA) is 112 Å². The molecule has 2 aromatic rings. The summed E-state index contributed by atoms with van der Waals surface area (Å²) in [6.45, 7) is 5.18. The number of rotatable bonds is 5. The van der Waals surface area contributed by atoms with Crippen molar-refractivity contribution in [2.45, 2.75) is 26.2 Å². The summed E-state index contributed by atoms with van der Waals surface area (Å²) < 4.78 is 5.06. The summed E-state index contributed by atoms with van der Waals surface area (Å²) in [5, 5.41) is 12.1. The molecular formula is C18H17N3O4. The molecule has 0 spiro atoms. The Balaban J connectivity index is 2.65. The Labute approximate surface area is 144 Å². The predicted molar refractivity (Wildman–Crippen MR) is 92.3 cm³/mol. The van der Waals surface area contributed by atoms with Crippen LogP contribution in [0.5, 0.6) is 0 Å². The minimum absolute atomic E-state index is 0.0739. The second-order valence-electron chi connectivity index (χ2n) is 5.90.